The number of halogens is 2. The zero-order valence-electron chi connectivity index (χ0n) is 11.4. The maximum atomic E-state index is 11.9. The average Bonchev–Trinajstić information content (AvgIpc) is 2.49. The van der Waals surface area contributed by atoms with Gasteiger partial charge in [0.05, 0.1) is 22.3 Å². The van der Waals surface area contributed by atoms with Gasteiger partial charge in [0.15, 0.2) is 0 Å². The summed E-state index contributed by atoms with van der Waals surface area (Å²) in [6, 6.07) is 11.5. The number of hydrogen-bond donors (Lipinski definition) is 3. The first kappa shape index (κ1) is 16.1. The highest BCUT2D eigenvalue weighted by Crippen LogP contribution is 2.29. The lowest BCUT2D eigenvalue weighted by molar-refractivity contribution is -0.114. The summed E-state index contributed by atoms with van der Waals surface area (Å²) in [6.07, 6.45) is 0. The molecule has 0 radical (unpaired) electrons. The SMILES string of the molecule is NC(=O)c1cccc(NC(=O)CNc2cccc(Cl)c2Cl)c1. The Kier molecular flexibility index (Phi) is 5.25. The lowest BCUT2D eigenvalue weighted by atomic mass is 10.2. The van der Waals surface area contributed by atoms with Crippen LogP contribution in [0.2, 0.25) is 10.0 Å². The molecule has 114 valence electrons. The Morgan fingerprint density at radius 3 is 2.55 bits per heavy atom. The molecule has 0 aliphatic rings. The van der Waals surface area contributed by atoms with Crippen molar-refractivity contribution in [1.29, 1.82) is 0 Å². The molecule has 0 aromatic heterocycles. The van der Waals surface area contributed by atoms with E-state index in [1.165, 1.54) is 6.07 Å². The molecule has 0 heterocycles. The van der Waals surface area contributed by atoms with Crippen molar-refractivity contribution in [2.75, 3.05) is 17.2 Å². The average molecular weight is 338 g/mol. The summed E-state index contributed by atoms with van der Waals surface area (Å²) in [5, 5.41) is 6.31. The number of rotatable bonds is 5. The molecule has 2 amide bonds. The van der Waals surface area contributed by atoms with Gasteiger partial charge < -0.3 is 16.4 Å². The van der Waals surface area contributed by atoms with Gasteiger partial charge in [-0.2, -0.15) is 0 Å². The second-order valence-electron chi connectivity index (χ2n) is 4.45. The number of nitrogens with two attached hydrogens (primary N) is 1. The van der Waals surface area contributed by atoms with Gasteiger partial charge in [-0.25, -0.2) is 0 Å². The Bertz CT molecular complexity index is 720. The molecule has 22 heavy (non-hydrogen) atoms. The van der Waals surface area contributed by atoms with Crippen LogP contribution in [0.4, 0.5) is 11.4 Å². The van der Waals surface area contributed by atoms with Crippen LogP contribution in [0.25, 0.3) is 0 Å². The Labute approximate surface area is 137 Å². The number of amides is 2. The highest BCUT2D eigenvalue weighted by Gasteiger charge is 2.08. The first-order chi connectivity index (χ1) is 10.5. The van der Waals surface area contributed by atoms with E-state index in [0.29, 0.717) is 27.0 Å². The second kappa shape index (κ2) is 7.15. The molecular formula is C15H13Cl2N3O2. The van der Waals surface area contributed by atoms with Gasteiger partial charge >= 0.3 is 0 Å². The van der Waals surface area contributed by atoms with E-state index in [-0.39, 0.29) is 12.5 Å². The van der Waals surface area contributed by atoms with Gasteiger partial charge in [0.25, 0.3) is 0 Å². The van der Waals surface area contributed by atoms with Gasteiger partial charge in [-0.15, -0.1) is 0 Å². The predicted molar refractivity (Wildman–Crippen MR) is 88.5 cm³/mol. The van der Waals surface area contributed by atoms with Crippen LogP contribution < -0.4 is 16.4 Å². The summed E-state index contributed by atoms with van der Waals surface area (Å²) in [7, 11) is 0. The number of carbonyl (C=O) groups excluding carboxylic acids is 2. The zero-order chi connectivity index (χ0) is 16.1. The minimum atomic E-state index is -0.556. The number of primary amides is 1. The molecule has 4 N–H and O–H groups in total. The van der Waals surface area contributed by atoms with Crippen molar-refractivity contribution in [1.82, 2.24) is 0 Å². The molecule has 2 aromatic carbocycles. The molecule has 7 heteroatoms. The number of carbonyl (C=O) groups is 2. The first-order valence-corrected chi connectivity index (χ1v) is 7.10. The van der Waals surface area contributed by atoms with Crippen LogP contribution in [-0.2, 0) is 4.79 Å². The van der Waals surface area contributed by atoms with Crippen LogP contribution in [-0.4, -0.2) is 18.4 Å². The Hall–Kier alpha value is -2.24. The predicted octanol–water partition coefficient (Wildman–Crippen LogP) is 3.14. The molecule has 5 nitrogen and oxygen atoms in total. The third kappa shape index (κ3) is 4.13. The highest BCUT2D eigenvalue weighted by atomic mass is 35.5. The van der Waals surface area contributed by atoms with Crippen molar-refractivity contribution in [3.05, 3.63) is 58.1 Å². The Balaban J connectivity index is 1.97. The Morgan fingerprint density at radius 1 is 1.09 bits per heavy atom. The first-order valence-electron chi connectivity index (χ1n) is 6.35. The van der Waals surface area contributed by atoms with Gasteiger partial charge in [-0.05, 0) is 30.3 Å². The third-order valence-electron chi connectivity index (χ3n) is 2.82. The smallest absolute Gasteiger partial charge is 0.248 e. The molecule has 0 aliphatic heterocycles. The molecule has 0 aliphatic carbocycles. The van der Waals surface area contributed by atoms with Gasteiger partial charge in [-0.3, -0.25) is 9.59 Å². The van der Waals surface area contributed by atoms with Crippen molar-refractivity contribution >= 4 is 46.4 Å². The fraction of sp³-hybridized carbons (Fsp3) is 0.0667. The highest BCUT2D eigenvalue weighted by molar-refractivity contribution is 6.43. The molecule has 2 aromatic rings. The van der Waals surface area contributed by atoms with E-state index in [9.17, 15) is 9.59 Å². The molecule has 0 spiro atoms. The summed E-state index contributed by atoms with van der Waals surface area (Å²) >= 11 is 11.9. The molecule has 0 unspecified atom stereocenters. The van der Waals surface area contributed by atoms with E-state index < -0.39 is 5.91 Å². The van der Waals surface area contributed by atoms with Gasteiger partial charge in [0.2, 0.25) is 11.8 Å². The summed E-state index contributed by atoms with van der Waals surface area (Å²) in [4.78, 5) is 23.0. The van der Waals surface area contributed by atoms with Crippen LogP contribution in [0.15, 0.2) is 42.5 Å². The van der Waals surface area contributed by atoms with Gasteiger partial charge in [0, 0.05) is 11.3 Å². The summed E-state index contributed by atoms with van der Waals surface area (Å²) in [6.45, 7) is 0.000854. The van der Waals surface area contributed by atoms with Crippen LogP contribution in [0.3, 0.4) is 0 Å². The minimum absolute atomic E-state index is 0.000854. The number of nitrogens with one attached hydrogen (secondary N) is 2. The number of anilines is 2. The summed E-state index contributed by atoms with van der Waals surface area (Å²) < 4.78 is 0. The molecule has 0 bridgehead atoms. The molecule has 0 atom stereocenters. The lowest BCUT2D eigenvalue weighted by Gasteiger charge is -2.10. The lowest BCUT2D eigenvalue weighted by Crippen LogP contribution is -2.22. The topological polar surface area (TPSA) is 84.2 Å². The van der Waals surface area contributed by atoms with Crippen molar-refractivity contribution in [2.24, 2.45) is 5.73 Å². The third-order valence-corrected chi connectivity index (χ3v) is 3.64. The molecule has 0 fully saturated rings. The van der Waals surface area contributed by atoms with Crippen molar-refractivity contribution in [3.8, 4) is 0 Å². The van der Waals surface area contributed by atoms with E-state index in [0.717, 1.165) is 0 Å². The molecule has 0 saturated heterocycles. The largest absolute Gasteiger partial charge is 0.375 e. The zero-order valence-corrected chi connectivity index (χ0v) is 12.9. The van der Waals surface area contributed by atoms with Crippen molar-refractivity contribution in [3.63, 3.8) is 0 Å². The maximum absolute atomic E-state index is 11.9. The number of benzene rings is 2. The van der Waals surface area contributed by atoms with E-state index >= 15 is 0 Å². The minimum Gasteiger partial charge on any atom is -0.375 e. The van der Waals surface area contributed by atoms with E-state index in [1.54, 1.807) is 36.4 Å². The molecular weight excluding hydrogens is 325 g/mol. The van der Waals surface area contributed by atoms with Crippen LogP contribution in [0.5, 0.6) is 0 Å². The van der Waals surface area contributed by atoms with E-state index in [2.05, 4.69) is 10.6 Å². The molecule has 2 rings (SSSR count). The van der Waals surface area contributed by atoms with Gasteiger partial charge in [0.1, 0.15) is 0 Å². The second-order valence-corrected chi connectivity index (χ2v) is 5.23. The normalized spacial score (nSPS) is 10.1. The van der Waals surface area contributed by atoms with Crippen LogP contribution in [0.1, 0.15) is 10.4 Å². The fourth-order valence-corrected chi connectivity index (χ4v) is 2.14. The summed E-state index contributed by atoms with van der Waals surface area (Å²) in [5.74, 6) is -0.849. The molecule has 0 saturated carbocycles. The van der Waals surface area contributed by atoms with E-state index in [1.807, 2.05) is 0 Å². The van der Waals surface area contributed by atoms with Crippen LogP contribution >= 0.6 is 23.2 Å². The quantitative estimate of drug-likeness (QED) is 0.783. The maximum Gasteiger partial charge on any atom is 0.248 e. The Morgan fingerprint density at radius 2 is 1.82 bits per heavy atom. The monoisotopic (exact) mass is 337 g/mol. The van der Waals surface area contributed by atoms with Crippen molar-refractivity contribution in [2.45, 2.75) is 0 Å². The number of hydrogen-bond acceptors (Lipinski definition) is 3. The van der Waals surface area contributed by atoms with Gasteiger partial charge in [-0.1, -0.05) is 35.3 Å². The van der Waals surface area contributed by atoms with Crippen LogP contribution in [0, 0.1) is 0 Å². The summed E-state index contributed by atoms with van der Waals surface area (Å²) in [5.41, 5.74) is 6.56. The standard InChI is InChI=1S/C15H13Cl2N3O2/c16-11-5-2-6-12(14(11)17)19-8-13(21)20-10-4-1-3-9(7-10)15(18)22/h1-7,19H,8H2,(H2,18,22)(H,20,21). The van der Waals surface area contributed by atoms with Crippen molar-refractivity contribution < 1.29 is 9.59 Å². The fourth-order valence-electron chi connectivity index (χ4n) is 1.77. The van der Waals surface area contributed by atoms with E-state index in [4.69, 9.17) is 28.9 Å².